The zero-order chi connectivity index (χ0) is 15.5. The first kappa shape index (κ1) is 18.7. The first-order valence-corrected chi connectivity index (χ1v) is 10.7. The van der Waals surface area contributed by atoms with Gasteiger partial charge in [-0.05, 0) is 49.9 Å². The van der Waals surface area contributed by atoms with Gasteiger partial charge in [0.05, 0.1) is 0 Å². The van der Waals surface area contributed by atoms with Crippen LogP contribution in [0.1, 0.15) is 76.3 Å². The summed E-state index contributed by atoms with van der Waals surface area (Å²) in [6.07, 6.45) is 14.1. The molecular weight excluding hydrogens is 271 g/mol. The van der Waals surface area contributed by atoms with Crippen molar-refractivity contribution < 1.29 is 0 Å². The second kappa shape index (κ2) is 11.2. The highest BCUT2D eigenvalue weighted by molar-refractivity contribution is 7.65. The van der Waals surface area contributed by atoms with Gasteiger partial charge in [-0.3, -0.25) is 0 Å². The summed E-state index contributed by atoms with van der Waals surface area (Å²) in [6, 6.07) is 7.12. The molecule has 120 valence electrons. The van der Waals surface area contributed by atoms with Crippen molar-refractivity contribution in [3.05, 3.63) is 29.3 Å². The van der Waals surface area contributed by atoms with E-state index >= 15 is 0 Å². The van der Waals surface area contributed by atoms with E-state index in [1.165, 1.54) is 74.8 Å². The molecule has 0 unspecified atom stereocenters. The molecule has 0 nitrogen and oxygen atoms in total. The van der Waals surface area contributed by atoms with Crippen LogP contribution in [0.3, 0.4) is 0 Å². The van der Waals surface area contributed by atoms with Crippen LogP contribution in [0.25, 0.3) is 0 Å². The highest BCUT2D eigenvalue weighted by Crippen LogP contribution is 2.38. The van der Waals surface area contributed by atoms with Crippen LogP contribution in [-0.2, 0) is 0 Å². The van der Waals surface area contributed by atoms with E-state index in [2.05, 4.69) is 45.9 Å². The molecule has 0 atom stereocenters. The van der Waals surface area contributed by atoms with Gasteiger partial charge in [0.15, 0.2) is 0 Å². The SMILES string of the molecule is CCCCCCP(CCCCCC)c1ccc(C)cc1C. The average molecular weight is 306 g/mol. The van der Waals surface area contributed by atoms with Gasteiger partial charge in [-0.15, -0.1) is 0 Å². The van der Waals surface area contributed by atoms with Gasteiger partial charge in [0.2, 0.25) is 0 Å². The topological polar surface area (TPSA) is 0 Å². The van der Waals surface area contributed by atoms with Crippen molar-refractivity contribution in [3.63, 3.8) is 0 Å². The molecule has 0 radical (unpaired) electrons. The Morgan fingerprint density at radius 2 is 1.33 bits per heavy atom. The predicted octanol–water partition coefficient (Wildman–Crippen LogP) is 6.57. The van der Waals surface area contributed by atoms with E-state index in [0.29, 0.717) is 0 Å². The second-order valence-electron chi connectivity index (χ2n) is 6.40. The Morgan fingerprint density at radius 3 is 1.81 bits per heavy atom. The Kier molecular flexibility index (Phi) is 10.0. The van der Waals surface area contributed by atoms with Gasteiger partial charge >= 0.3 is 0 Å². The molecule has 0 aliphatic rings. The Morgan fingerprint density at radius 1 is 0.762 bits per heavy atom. The normalized spacial score (nSPS) is 11.3. The number of hydrogen-bond acceptors (Lipinski definition) is 0. The summed E-state index contributed by atoms with van der Waals surface area (Å²) in [4.78, 5) is 0. The summed E-state index contributed by atoms with van der Waals surface area (Å²) in [7, 11) is 0.0778. The van der Waals surface area contributed by atoms with Gasteiger partial charge < -0.3 is 0 Å². The smallest absolute Gasteiger partial charge is 0.0211 e. The van der Waals surface area contributed by atoms with Crippen molar-refractivity contribution in [2.45, 2.75) is 79.1 Å². The molecular formula is C20H35P. The van der Waals surface area contributed by atoms with E-state index in [0.717, 1.165) is 0 Å². The van der Waals surface area contributed by atoms with Gasteiger partial charge in [-0.25, -0.2) is 0 Å². The molecule has 1 aromatic carbocycles. The van der Waals surface area contributed by atoms with Crippen molar-refractivity contribution in [2.75, 3.05) is 12.3 Å². The Balaban J connectivity index is 2.60. The molecule has 0 spiro atoms. The summed E-state index contributed by atoms with van der Waals surface area (Å²) >= 11 is 0. The zero-order valence-corrected chi connectivity index (χ0v) is 15.6. The van der Waals surface area contributed by atoms with Crippen molar-refractivity contribution in [1.29, 1.82) is 0 Å². The molecule has 21 heavy (non-hydrogen) atoms. The molecule has 0 aromatic heterocycles. The summed E-state index contributed by atoms with van der Waals surface area (Å²) in [5.41, 5.74) is 2.94. The van der Waals surface area contributed by atoms with Crippen LogP contribution in [0, 0.1) is 13.8 Å². The fourth-order valence-corrected chi connectivity index (χ4v) is 5.74. The monoisotopic (exact) mass is 306 g/mol. The maximum atomic E-state index is 2.43. The molecule has 0 saturated carbocycles. The van der Waals surface area contributed by atoms with E-state index in [9.17, 15) is 0 Å². The molecule has 0 fully saturated rings. The van der Waals surface area contributed by atoms with Crippen LogP contribution in [0.15, 0.2) is 18.2 Å². The van der Waals surface area contributed by atoms with Gasteiger partial charge in [-0.2, -0.15) is 0 Å². The van der Waals surface area contributed by atoms with E-state index in [4.69, 9.17) is 0 Å². The van der Waals surface area contributed by atoms with Crippen LogP contribution < -0.4 is 5.30 Å². The minimum absolute atomic E-state index is 0.0778. The van der Waals surface area contributed by atoms with Gasteiger partial charge in [0, 0.05) is 0 Å². The third kappa shape index (κ3) is 7.46. The van der Waals surface area contributed by atoms with Crippen molar-refractivity contribution >= 4 is 13.2 Å². The molecule has 0 N–H and O–H groups in total. The minimum Gasteiger partial charge on any atom is -0.0750 e. The van der Waals surface area contributed by atoms with E-state index in [1.54, 1.807) is 5.30 Å². The quantitative estimate of drug-likeness (QED) is 0.320. The fourth-order valence-electron chi connectivity index (χ4n) is 2.97. The van der Waals surface area contributed by atoms with Gasteiger partial charge in [0.25, 0.3) is 0 Å². The van der Waals surface area contributed by atoms with E-state index < -0.39 is 0 Å². The summed E-state index contributed by atoms with van der Waals surface area (Å²) in [5, 5.41) is 1.68. The first-order valence-electron chi connectivity index (χ1n) is 9.01. The molecule has 0 saturated heterocycles. The highest BCUT2D eigenvalue weighted by atomic mass is 31.1. The van der Waals surface area contributed by atoms with E-state index in [-0.39, 0.29) is 7.92 Å². The lowest BCUT2D eigenvalue weighted by molar-refractivity contribution is 0.697. The van der Waals surface area contributed by atoms with Crippen LogP contribution in [0.5, 0.6) is 0 Å². The summed E-state index contributed by atoms with van der Waals surface area (Å²) in [5.74, 6) is 0. The van der Waals surface area contributed by atoms with Gasteiger partial charge in [0.1, 0.15) is 0 Å². The van der Waals surface area contributed by atoms with E-state index in [1.807, 2.05) is 0 Å². The lowest BCUT2D eigenvalue weighted by Gasteiger charge is -2.21. The largest absolute Gasteiger partial charge is 0.0750 e. The number of unbranched alkanes of at least 4 members (excludes halogenated alkanes) is 6. The summed E-state index contributed by atoms with van der Waals surface area (Å²) < 4.78 is 0. The Labute approximate surface area is 134 Å². The first-order chi connectivity index (χ1) is 10.2. The van der Waals surface area contributed by atoms with Crippen molar-refractivity contribution in [2.24, 2.45) is 0 Å². The van der Waals surface area contributed by atoms with Gasteiger partial charge in [-0.1, -0.05) is 84.1 Å². The predicted molar refractivity (Wildman–Crippen MR) is 100 cm³/mol. The zero-order valence-electron chi connectivity index (χ0n) is 14.8. The van der Waals surface area contributed by atoms with Crippen LogP contribution >= 0.6 is 7.92 Å². The molecule has 0 bridgehead atoms. The van der Waals surface area contributed by atoms with Crippen molar-refractivity contribution in [3.8, 4) is 0 Å². The third-order valence-electron chi connectivity index (χ3n) is 4.26. The van der Waals surface area contributed by atoms with Crippen LogP contribution in [-0.4, -0.2) is 12.3 Å². The van der Waals surface area contributed by atoms with Crippen molar-refractivity contribution in [1.82, 2.24) is 0 Å². The lowest BCUT2D eigenvalue weighted by Crippen LogP contribution is -2.10. The van der Waals surface area contributed by atoms with Crippen LogP contribution in [0.4, 0.5) is 0 Å². The standard InChI is InChI=1S/C20H35P/c1-5-7-9-11-15-21(16-12-10-8-6-2)20-14-13-18(3)17-19(20)4/h13-14,17H,5-12,15-16H2,1-4H3. The minimum atomic E-state index is 0.0778. The highest BCUT2D eigenvalue weighted by Gasteiger charge is 2.12. The number of benzene rings is 1. The maximum absolute atomic E-state index is 2.43. The third-order valence-corrected chi connectivity index (χ3v) is 7.15. The molecule has 0 heterocycles. The molecule has 1 rings (SSSR count). The second-order valence-corrected chi connectivity index (χ2v) is 8.85. The molecule has 0 aliphatic carbocycles. The Bertz CT molecular complexity index is 371. The molecule has 0 aliphatic heterocycles. The molecule has 1 heteroatoms. The lowest BCUT2D eigenvalue weighted by atomic mass is 10.2. The number of hydrogen-bond donors (Lipinski definition) is 0. The average Bonchev–Trinajstić information content (AvgIpc) is 2.46. The fraction of sp³-hybridized carbons (Fsp3) is 0.700. The number of rotatable bonds is 11. The molecule has 1 aromatic rings. The maximum Gasteiger partial charge on any atom is -0.0211 e. The van der Waals surface area contributed by atoms with Crippen LogP contribution in [0.2, 0.25) is 0 Å². The summed E-state index contributed by atoms with van der Waals surface area (Å²) in [6.45, 7) is 9.13. The molecule has 0 amide bonds. The number of aryl methyl sites for hydroxylation is 2. The Hall–Kier alpha value is -0.350.